The summed E-state index contributed by atoms with van der Waals surface area (Å²) in [5, 5.41) is 4.97. The Morgan fingerprint density at radius 2 is 2.17 bits per heavy atom. The summed E-state index contributed by atoms with van der Waals surface area (Å²) >= 11 is 5.66. The van der Waals surface area contributed by atoms with E-state index in [9.17, 15) is 8.42 Å². The lowest BCUT2D eigenvalue weighted by atomic mass is 10.4. The third-order valence-electron chi connectivity index (χ3n) is 1.33. The number of hydrogen-bond donors (Lipinski definition) is 1. The first kappa shape index (κ1) is 9.44. The fourth-order valence-electron chi connectivity index (χ4n) is 0.745. The minimum absolute atomic E-state index is 0.0833. The van der Waals surface area contributed by atoms with Crippen LogP contribution in [0, 0.1) is 6.92 Å². The second-order valence-corrected chi connectivity index (χ2v) is 4.16. The lowest BCUT2D eigenvalue weighted by Gasteiger charge is -2.01. The summed E-state index contributed by atoms with van der Waals surface area (Å²) in [6.07, 6.45) is 1.35. The second-order valence-electron chi connectivity index (χ2n) is 2.25. The van der Waals surface area contributed by atoms with Gasteiger partial charge in [-0.2, -0.15) is 0 Å². The van der Waals surface area contributed by atoms with Crippen LogP contribution in [-0.2, 0) is 10.0 Å². The highest BCUT2D eigenvalue weighted by Gasteiger charge is 2.13. The lowest BCUT2D eigenvalue weighted by Crippen LogP contribution is -2.13. The largest absolute Gasteiger partial charge is 0.260 e. The average Bonchev–Trinajstić information content (AvgIpc) is 1.92. The van der Waals surface area contributed by atoms with Gasteiger partial charge in [0.05, 0.1) is 10.7 Å². The molecule has 0 aliphatic rings. The van der Waals surface area contributed by atoms with E-state index in [0.717, 1.165) is 0 Å². The molecule has 0 radical (unpaired) electrons. The molecule has 0 aliphatic carbocycles. The molecule has 0 saturated carbocycles. The van der Waals surface area contributed by atoms with Gasteiger partial charge in [-0.3, -0.25) is 4.98 Å². The van der Waals surface area contributed by atoms with Crippen molar-refractivity contribution in [3.05, 3.63) is 23.0 Å². The van der Waals surface area contributed by atoms with Crippen molar-refractivity contribution in [1.29, 1.82) is 0 Å². The van der Waals surface area contributed by atoms with Gasteiger partial charge >= 0.3 is 0 Å². The van der Waals surface area contributed by atoms with Crippen LogP contribution < -0.4 is 5.14 Å². The van der Waals surface area contributed by atoms with Crippen molar-refractivity contribution in [1.82, 2.24) is 4.98 Å². The summed E-state index contributed by atoms with van der Waals surface area (Å²) < 4.78 is 21.7. The van der Waals surface area contributed by atoms with Crippen molar-refractivity contribution < 1.29 is 8.42 Å². The van der Waals surface area contributed by atoms with Crippen molar-refractivity contribution >= 4 is 21.6 Å². The van der Waals surface area contributed by atoms with Gasteiger partial charge in [0, 0.05) is 6.20 Å². The van der Waals surface area contributed by atoms with Crippen LogP contribution in [0.2, 0.25) is 5.02 Å². The summed E-state index contributed by atoms with van der Waals surface area (Å²) in [6, 6.07) is 1.27. The Balaban J connectivity index is 3.47. The van der Waals surface area contributed by atoms with Gasteiger partial charge < -0.3 is 0 Å². The van der Waals surface area contributed by atoms with E-state index in [0.29, 0.717) is 5.69 Å². The maximum Gasteiger partial charge on any atom is 0.239 e. The number of halogens is 1. The molecule has 0 amide bonds. The van der Waals surface area contributed by atoms with Crippen LogP contribution >= 0.6 is 11.6 Å². The maximum atomic E-state index is 10.9. The highest BCUT2D eigenvalue weighted by Crippen LogP contribution is 2.21. The van der Waals surface area contributed by atoms with E-state index >= 15 is 0 Å². The number of aryl methyl sites for hydroxylation is 1. The minimum Gasteiger partial charge on any atom is -0.260 e. The number of nitrogens with zero attached hydrogens (tertiary/aromatic N) is 1. The molecular formula is C6H7ClN2O2S. The van der Waals surface area contributed by atoms with Crippen LogP contribution in [0.15, 0.2) is 17.2 Å². The smallest absolute Gasteiger partial charge is 0.239 e. The van der Waals surface area contributed by atoms with Crippen LogP contribution in [0.5, 0.6) is 0 Å². The SMILES string of the molecule is Cc1nccc(S(N)(=O)=O)c1Cl. The number of primary sulfonamides is 1. The number of rotatable bonds is 1. The molecule has 0 spiro atoms. The molecule has 0 aromatic carbocycles. The molecule has 0 saturated heterocycles. The molecule has 0 aliphatic heterocycles. The van der Waals surface area contributed by atoms with Crippen LogP contribution in [0.1, 0.15) is 5.69 Å². The molecule has 1 aromatic rings. The Morgan fingerprint density at radius 1 is 1.58 bits per heavy atom. The molecule has 0 atom stereocenters. The monoisotopic (exact) mass is 206 g/mol. The van der Waals surface area contributed by atoms with Gasteiger partial charge in [0.2, 0.25) is 10.0 Å². The van der Waals surface area contributed by atoms with E-state index in [1.54, 1.807) is 6.92 Å². The molecule has 6 heteroatoms. The van der Waals surface area contributed by atoms with Crippen molar-refractivity contribution in [2.75, 3.05) is 0 Å². The molecule has 4 nitrogen and oxygen atoms in total. The summed E-state index contributed by atoms with van der Waals surface area (Å²) in [5.74, 6) is 0. The molecule has 1 rings (SSSR count). The predicted octanol–water partition coefficient (Wildman–Crippen LogP) is 0.691. The fraction of sp³-hybridized carbons (Fsp3) is 0.167. The quantitative estimate of drug-likeness (QED) is 0.735. The van der Waals surface area contributed by atoms with Gasteiger partial charge in [0.1, 0.15) is 4.90 Å². The standard InChI is InChI=1S/C6H7ClN2O2S/c1-4-6(7)5(2-3-9-4)12(8,10)11/h2-3H,1H3,(H2,8,10,11). The maximum absolute atomic E-state index is 10.9. The molecule has 0 unspecified atom stereocenters. The van der Waals surface area contributed by atoms with E-state index in [1.165, 1.54) is 12.3 Å². The van der Waals surface area contributed by atoms with Gasteiger partial charge in [-0.05, 0) is 13.0 Å². The van der Waals surface area contributed by atoms with E-state index in [2.05, 4.69) is 4.98 Å². The number of nitrogens with two attached hydrogens (primary N) is 1. The first-order valence-corrected chi connectivity index (χ1v) is 4.99. The predicted molar refractivity (Wildman–Crippen MR) is 45.4 cm³/mol. The van der Waals surface area contributed by atoms with Crippen molar-refractivity contribution in [3.63, 3.8) is 0 Å². The normalized spacial score (nSPS) is 11.6. The highest BCUT2D eigenvalue weighted by molar-refractivity contribution is 7.89. The topological polar surface area (TPSA) is 73.0 Å². The zero-order valence-electron chi connectivity index (χ0n) is 6.28. The summed E-state index contributed by atoms with van der Waals surface area (Å²) in [4.78, 5) is 3.71. The number of aromatic nitrogens is 1. The Kier molecular flexibility index (Phi) is 2.36. The summed E-state index contributed by atoms with van der Waals surface area (Å²) in [6.45, 7) is 1.61. The van der Waals surface area contributed by atoms with Gasteiger partial charge in [0.15, 0.2) is 0 Å². The summed E-state index contributed by atoms with van der Waals surface area (Å²) in [5.41, 5.74) is 0.447. The molecule has 1 heterocycles. The van der Waals surface area contributed by atoms with Gasteiger partial charge in [-0.1, -0.05) is 11.6 Å². The molecule has 12 heavy (non-hydrogen) atoms. The third-order valence-corrected chi connectivity index (χ3v) is 2.88. The number of pyridine rings is 1. The van der Waals surface area contributed by atoms with E-state index in [4.69, 9.17) is 16.7 Å². The molecular weight excluding hydrogens is 200 g/mol. The van der Waals surface area contributed by atoms with Crippen LogP contribution in [0.4, 0.5) is 0 Å². The van der Waals surface area contributed by atoms with Crippen LogP contribution in [0.3, 0.4) is 0 Å². The average molecular weight is 207 g/mol. The second kappa shape index (κ2) is 3.01. The minimum atomic E-state index is -3.73. The van der Waals surface area contributed by atoms with E-state index in [-0.39, 0.29) is 9.92 Å². The van der Waals surface area contributed by atoms with Crippen molar-refractivity contribution in [2.24, 2.45) is 5.14 Å². The Bertz CT molecular complexity index is 402. The summed E-state index contributed by atoms with van der Waals surface area (Å²) in [7, 11) is -3.73. The first-order chi connectivity index (χ1) is 5.43. The fourth-order valence-corrected chi connectivity index (χ4v) is 1.83. The van der Waals surface area contributed by atoms with Crippen LogP contribution in [0.25, 0.3) is 0 Å². The Labute approximate surface area is 75.4 Å². The van der Waals surface area contributed by atoms with E-state index in [1.807, 2.05) is 0 Å². The first-order valence-electron chi connectivity index (χ1n) is 3.07. The van der Waals surface area contributed by atoms with Crippen molar-refractivity contribution in [3.8, 4) is 0 Å². The Hall–Kier alpha value is -0.650. The highest BCUT2D eigenvalue weighted by atomic mass is 35.5. The lowest BCUT2D eigenvalue weighted by molar-refractivity contribution is 0.597. The molecule has 2 N–H and O–H groups in total. The third kappa shape index (κ3) is 1.74. The number of hydrogen-bond acceptors (Lipinski definition) is 3. The van der Waals surface area contributed by atoms with Gasteiger partial charge in [-0.25, -0.2) is 13.6 Å². The molecule has 1 aromatic heterocycles. The van der Waals surface area contributed by atoms with Gasteiger partial charge in [0.25, 0.3) is 0 Å². The van der Waals surface area contributed by atoms with Crippen molar-refractivity contribution in [2.45, 2.75) is 11.8 Å². The Morgan fingerprint density at radius 3 is 2.58 bits per heavy atom. The molecule has 0 bridgehead atoms. The van der Waals surface area contributed by atoms with Gasteiger partial charge in [-0.15, -0.1) is 0 Å². The molecule has 66 valence electrons. The zero-order valence-corrected chi connectivity index (χ0v) is 7.85. The van der Waals surface area contributed by atoms with Crippen LogP contribution in [-0.4, -0.2) is 13.4 Å². The van der Waals surface area contributed by atoms with E-state index < -0.39 is 10.0 Å². The molecule has 0 fully saturated rings. The zero-order chi connectivity index (χ0) is 9.35. The number of sulfonamides is 1.